The third-order valence-electron chi connectivity index (χ3n) is 5.14. The van der Waals surface area contributed by atoms with Gasteiger partial charge in [-0.25, -0.2) is 0 Å². The number of hydrogen-bond acceptors (Lipinski definition) is 7. The molecule has 35 heavy (non-hydrogen) atoms. The van der Waals surface area contributed by atoms with Gasteiger partial charge in [0, 0.05) is 25.2 Å². The van der Waals surface area contributed by atoms with Crippen molar-refractivity contribution in [3.8, 4) is 0 Å². The number of aliphatic imine (C=N–C) groups is 1. The number of amides is 1. The normalized spacial score (nSPS) is 16.3. The Morgan fingerprint density at radius 1 is 1.29 bits per heavy atom. The van der Waals surface area contributed by atoms with Gasteiger partial charge in [-0.3, -0.25) is 14.5 Å². The van der Waals surface area contributed by atoms with Gasteiger partial charge in [-0.15, -0.1) is 0 Å². The Bertz CT molecular complexity index is 1340. The van der Waals surface area contributed by atoms with Crippen LogP contribution in [0.2, 0.25) is 5.02 Å². The van der Waals surface area contributed by atoms with Crippen LogP contribution in [0.25, 0.3) is 17.0 Å². The van der Waals surface area contributed by atoms with Crippen LogP contribution in [0.3, 0.4) is 0 Å². The maximum absolute atomic E-state index is 12.8. The van der Waals surface area contributed by atoms with Crippen molar-refractivity contribution in [1.29, 1.82) is 0 Å². The van der Waals surface area contributed by atoms with Crippen LogP contribution in [-0.4, -0.2) is 67.3 Å². The van der Waals surface area contributed by atoms with E-state index in [1.54, 1.807) is 41.0 Å². The van der Waals surface area contributed by atoms with Gasteiger partial charge in [0.25, 0.3) is 5.91 Å². The minimum atomic E-state index is -4.53. The summed E-state index contributed by atoms with van der Waals surface area (Å²) in [7, 11) is 1.67. The summed E-state index contributed by atoms with van der Waals surface area (Å²) in [6.07, 6.45) is -1.45. The van der Waals surface area contributed by atoms with Crippen LogP contribution in [0.5, 0.6) is 0 Å². The number of likely N-dealkylation sites (N-methyl/N-ethyl adjacent to an activating group) is 1. The standard InChI is InChI=1S/C22H19ClF3N5O3S/c1-30(9-15(33)11-32)21-29-20(34)19(35-21)5-12-2-3-18-13(4-12)7-28-31(18)10-17-16(23)6-14(8-27-17)22(24,25)26/h2-8,15,32-33H,9-11H2,1H3. The first-order valence-corrected chi connectivity index (χ1v) is 11.4. The molecule has 1 aliphatic rings. The number of halogens is 4. The molecule has 0 aliphatic carbocycles. The topological polar surface area (TPSA) is 104 Å². The van der Waals surface area contributed by atoms with Crippen molar-refractivity contribution in [2.75, 3.05) is 20.2 Å². The summed E-state index contributed by atoms with van der Waals surface area (Å²) in [5.41, 5.74) is 0.776. The number of carbonyl (C=O) groups is 1. The van der Waals surface area contributed by atoms with Crippen molar-refractivity contribution >= 4 is 51.4 Å². The fourth-order valence-corrected chi connectivity index (χ4v) is 4.48. The summed E-state index contributed by atoms with van der Waals surface area (Å²) in [6, 6.07) is 6.22. The lowest BCUT2D eigenvalue weighted by atomic mass is 10.1. The largest absolute Gasteiger partial charge is 0.417 e. The average molecular weight is 526 g/mol. The number of carbonyl (C=O) groups excluding carboxylic acids is 1. The quantitative estimate of drug-likeness (QED) is 0.475. The van der Waals surface area contributed by atoms with Gasteiger partial charge in [-0.2, -0.15) is 23.3 Å². The summed E-state index contributed by atoms with van der Waals surface area (Å²) in [5, 5.41) is 23.9. The van der Waals surface area contributed by atoms with Gasteiger partial charge < -0.3 is 15.1 Å². The molecule has 0 radical (unpaired) electrons. The molecule has 2 aromatic heterocycles. The zero-order chi connectivity index (χ0) is 25.3. The lowest BCUT2D eigenvalue weighted by Gasteiger charge is -2.19. The highest BCUT2D eigenvalue weighted by Crippen LogP contribution is 2.32. The minimum Gasteiger partial charge on any atom is -0.394 e. The molecule has 3 aromatic rings. The lowest BCUT2D eigenvalue weighted by molar-refractivity contribution is -0.137. The van der Waals surface area contributed by atoms with Crippen LogP contribution >= 0.6 is 23.4 Å². The van der Waals surface area contributed by atoms with Crippen molar-refractivity contribution in [3.63, 3.8) is 0 Å². The van der Waals surface area contributed by atoms with Crippen molar-refractivity contribution in [2.24, 2.45) is 4.99 Å². The monoisotopic (exact) mass is 525 g/mol. The third kappa shape index (κ3) is 5.67. The van der Waals surface area contributed by atoms with Gasteiger partial charge in [0.1, 0.15) is 0 Å². The fraction of sp³-hybridized carbons (Fsp3) is 0.273. The number of nitrogens with zero attached hydrogens (tertiary/aromatic N) is 5. The van der Waals surface area contributed by atoms with E-state index in [2.05, 4.69) is 15.1 Å². The number of thioether (sulfide) groups is 1. The van der Waals surface area contributed by atoms with Crippen molar-refractivity contribution < 1.29 is 28.2 Å². The van der Waals surface area contributed by atoms with Gasteiger partial charge in [0.15, 0.2) is 5.17 Å². The van der Waals surface area contributed by atoms with Gasteiger partial charge in [0.2, 0.25) is 0 Å². The molecule has 13 heteroatoms. The molecule has 8 nitrogen and oxygen atoms in total. The van der Waals surface area contributed by atoms with Gasteiger partial charge in [0.05, 0.1) is 52.2 Å². The molecule has 1 aromatic carbocycles. The Labute approximate surface area is 206 Å². The fourth-order valence-electron chi connectivity index (χ4n) is 3.37. The smallest absolute Gasteiger partial charge is 0.394 e. The molecule has 1 aliphatic heterocycles. The first-order chi connectivity index (χ1) is 16.5. The predicted octanol–water partition coefficient (Wildman–Crippen LogP) is 3.41. The molecule has 0 saturated carbocycles. The van der Waals surface area contributed by atoms with Crippen LogP contribution in [0.15, 0.2) is 46.6 Å². The number of pyridine rings is 1. The SMILES string of the molecule is CN(CC(O)CO)C1=NC(=O)C(=Cc2ccc3c(cnn3Cc3ncc(C(F)(F)F)cc3Cl)c2)S1. The highest BCUT2D eigenvalue weighted by molar-refractivity contribution is 8.18. The van der Waals surface area contributed by atoms with Crippen molar-refractivity contribution in [2.45, 2.75) is 18.8 Å². The summed E-state index contributed by atoms with van der Waals surface area (Å²) < 4.78 is 40.1. The Hall–Kier alpha value is -2.93. The maximum Gasteiger partial charge on any atom is 0.417 e. The molecule has 1 atom stereocenters. The van der Waals surface area contributed by atoms with Crippen molar-refractivity contribution in [1.82, 2.24) is 19.7 Å². The summed E-state index contributed by atoms with van der Waals surface area (Å²) in [6.45, 7) is -0.182. The first kappa shape index (κ1) is 25.2. The number of amidine groups is 1. The molecule has 0 bridgehead atoms. The lowest BCUT2D eigenvalue weighted by Crippen LogP contribution is -2.33. The first-order valence-electron chi connectivity index (χ1n) is 10.2. The highest BCUT2D eigenvalue weighted by Gasteiger charge is 2.31. The van der Waals surface area contributed by atoms with Crippen LogP contribution in [0, 0.1) is 0 Å². The molecule has 184 valence electrons. The number of aliphatic hydroxyl groups excluding tert-OH is 2. The molecule has 3 heterocycles. The Morgan fingerprint density at radius 3 is 2.74 bits per heavy atom. The van der Waals surface area contributed by atoms with Gasteiger partial charge >= 0.3 is 6.18 Å². The van der Waals surface area contributed by atoms with E-state index in [1.807, 2.05) is 6.07 Å². The number of rotatable bonds is 6. The predicted molar refractivity (Wildman–Crippen MR) is 127 cm³/mol. The number of hydrogen-bond donors (Lipinski definition) is 2. The zero-order valence-corrected chi connectivity index (χ0v) is 19.8. The number of alkyl halides is 3. The van der Waals surface area contributed by atoms with E-state index >= 15 is 0 Å². The molecule has 4 rings (SSSR count). The van der Waals surface area contributed by atoms with Crippen LogP contribution in [0.4, 0.5) is 13.2 Å². The van der Waals surface area contributed by atoms with Crippen molar-refractivity contribution in [3.05, 3.63) is 63.4 Å². The zero-order valence-electron chi connectivity index (χ0n) is 18.2. The molecule has 2 N–H and O–H groups in total. The van der Waals surface area contributed by atoms with Gasteiger partial charge in [-0.1, -0.05) is 17.7 Å². The van der Waals surface area contributed by atoms with E-state index in [0.29, 0.717) is 15.6 Å². The summed E-state index contributed by atoms with van der Waals surface area (Å²) in [4.78, 5) is 22.2. The third-order valence-corrected chi connectivity index (χ3v) is 6.56. The van der Waals surface area contributed by atoms with E-state index in [1.165, 1.54) is 0 Å². The molecule has 1 unspecified atom stereocenters. The number of aliphatic hydroxyl groups is 2. The number of benzene rings is 1. The van der Waals surface area contributed by atoms with E-state index in [9.17, 15) is 23.1 Å². The molecule has 0 fully saturated rings. The second-order valence-electron chi connectivity index (χ2n) is 7.80. The second kappa shape index (κ2) is 9.97. The molecule has 1 amide bonds. The molecular formula is C22H19ClF3N5O3S. The minimum absolute atomic E-state index is 0.0818. The van der Waals surface area contributed by atoms with E-state index in [-0.39, 0.29) is 23.8 Å². The van der Waals surface area contributed by atoms with Gasteiger partial charge in [-0.05, 0) is 41.6 Å². The van der Waals surface area contributed by atoms with E-state index in [0.717, 1.165) is 35.0 Å². The number of aromatic nitrogens is 3. The van der Waals surface area contributed by atoms with Crippen LogP contribution in [0.1, 0.15) is 16.8 Å². The van der Waals surface area contributed by atoms with E-state index < -0.39 is 30.4 Å². The van der Waals surface area contributed by atoms with E-state index in [4.69, 9.17) is 16.7 Å². The summed E-state index contributed by atoms with van der Waals surface area (Å²) >= 11 is 7.18. The second-order valence-corrected chi connectivity index (χ2v) is 9.21. The number of fused-ring (bicyclic) bond motifs is 1. The highest BCUT2D eigenvalue weighted by atomic mass is 35.5. The van der Waals surface area contributed by atoms with Crippen LogP contribution in [-0.2, 0) is 17.5 Å². The molecule has 0 spiro atoms. The Morgan fingerprint density at radius 2 is 2.06 bits per heavy atom. The maximum atomic E-state index is 12.8. The molecular weight excluding hydrogens is 507 g/mol. The Kier molecular flexibility index (Phi) is 7.17. The average Bonchev–Trinajstić information content (AvgIpc) is 3.37. The Balaban J connectivity index is 1.51. The van der Waals surface area contributed by atoms with Crippen LogP contribution < -0.4 is 0 Å². The summed E-state index contributed by atoms with van der Waals surface area (Å²) in [5.74, 6) is -0.408. The molecule has 0 saturated heterocycles.